The van der Waals surface area contributed by atoms with E-state index in [4.69, 9.17) is 10.5 Å². The van der Waals surface area contributed by atoms with Gasteiger partial charge in [0, 0.05) is 18.8 Å². The van der Waals surface area contributed by atoms with Gasteiger partial charge >= 0.3 is 0 Å². The molecule has 2 heteroatoms. The van der Waals surface area contributed by atoms with Gasteiger partial charge in [-0.3, -0.25) is 0 Å². The van der Waals surface area contributed by atoms with E-state index in [0.29, 0.717) is 5.92 Å². The van der Waals surface area contributed by atoms with E-state index < -0.39 is 0 Å². The van der Waals surface area contributed by atoms with Crippen molar-refractivity contribution in [1.29, 1.82) is 0 Å². The molecule has 0 heterocycles. The highest BCUT2D eigenvalue weighted by Gasteiger charge is 2.35. The number of rotatable bonds is 7. The van der Waals surface area contributed by atoms with Crippen molar-refractivity contribution < 1.29 is 4.74 Å². The number of nitrogens with two attached hydrogens (primary N) is 1. The molecule has 0 unspecified atom stereocenters. The fraction of sp³-hybridized carbons (Fsp3) is 0.739. The van der Waals surface area contributed by atoms with Gasteiger partial charge in [0.1, 0.15) is 0 Å². The maximum atomic E-state index is 6.51. The SMILES string of the molecule is CC[C@@]1(N)CC[C@H](c2ccc3c(c2)CC[C@@H](CCOCC2CC2)C3)C1. The summed E-state index contributed by atoms with van der Waals surface area (Å²) in [5, 5.41) is 0. The smallest absolute Gasteiger partial charge is 0.0494 e. The van der Waals surface area contributed by atoms with Crippen LogP contribution >= 0.6 is 0 Å². The molecular weight excluding hydrogens is 306 g/mol. The molecule has 0 radical (unpaired) electrons. The van der Waals surface area contributed by atoms with Crippen LogP contribution in [0.15, 0.2) is 18.2 Å². The number of fused-ring (bicyclic) bond motifs is 1. The van der Waals surface area contributed by atoms with Gasteiger partial charge < -0.3 is 10.5 Å². The molecule has 3 aliphatic carbocycles. The number of ether oxygens (including phenoxy) is 1. The largest absolute Gasteiger partial charge is 0.381 e. The van der Waals surface area contributed by atoms with E-state index in [9.17, 15) is 0 Å². The van der Waals surface area contributed by atoms with Crippen molar-refractivity contribution in [2.45, 2.75) is 82.6 Å². The zero-order chi connectivity index (χ0) is 17.3. The molecule has 3 aliphatic rings. The first-order valence-corrected chi connectivity index (χ1v) is 10.6. The zero-order valence-electron chi connectivity index (χ0n) is 15.9. The van der Waals surface area contributed by atoms with Crippen molar-refractivity contribution in [2.75, 3.05) is 13.2 Å². The molecule has 2 saturated carbocycles. The fourth-order valence-electron chi connectivity index (χ4n) is 4.90. The summed E-state index contributed by atoms with van der Waals surface area (Å²) in [5.41, 5.74) is 11.3. The molecule has 0 bridgehead atoms. The first-order valence-electron chi connectivity index (χ1n) is 10.6. The van der Waals surface area contributed by atoms with Gasteiger partial charge in [0.15, 0.2) is 0 Å². The summed E-state index contributed by atoms with van der Waals surface area (Å²) in [6, 6.07) is 7.34. The van der Waals surface area contributed by atoms with Crippen molar-refractivity contribution in [3.63, 3.8) is 0 Å². The number of hydrogen-bond donors (Lipinski definition) is 1. The first kappa shape index (κ1) is 17.5. The number of benzene rings is 1. The lowest BCUT2D eigenvalue weighted by molar-refractivity contribution is 0.109. The molecule has 0 aliphatic heterocycles. The Balaban J connectivity index is 1.31. The molecule has 0 saturated heterocycles. The molecule has 2 fully saturated rings. The van der Waals surface area contributed by atoms with Crippen molar-refractivity contribution in [1.82, 2.24) is 0 Å². The van der Waals surface area contributed by atoms with Crippen molar-refractivity contribution in [2.24, 2.45) is 17.6 Å². The molecule has 2 N–H and O–H groups in total. The Morgan fingerprint density at radius 1 is 1.12 bits per heavy atom. The Labute approximate surface area is 153 Å². The minimum absolute atomic E-state index is 0.0894. The Morgan fingerprint density at radius 3 is 2.76 bits per heavy atom. The van der Waals surface area contributed by atoms with Crippen LogP contribution in [0.25, 0.3) is 0 Å². The molecular formula is C23H35NO. The zero-order valence-corrected chi connectivity index (χ0v) is 15.9. The maximum Gasteiger partial charge on any atom is 0.0494 e. The lowest BCUT2D eigenvalue weighted by Gasteiger charge is -2.26. The normalized spacial score (nSPS) is 31.9. The Hall–Kier alpha value is -0.860. The van der Waals surface area contributed by atoms with E-state index in [1.165, 1.54) is 57.8 Å². The van der Waals surface area contributed by atoms with E-state index >= 15 is 0 Å². The third-order valence-corrected chi connectivity index (χ3v) is 7.10. The van der Waals surface area contributed by atoms with Gasteiger partial charge in [-0.1, -0.05) is 25.1 Å². The summed E-state index contributed by atoms with van der Waals surface area (Å²) in [6.45, 7) is 4.21. The Bertz CT molecular complexity index is 594. The van der Waals surface area contributed by atoms with Crippen LogP contribution in [0.2, 0.25) is 0 Å². The van der Waals surface area contributed by atoms with Gasteiger partial charge in [-0.2, -0.15) is 0 Å². The minimum atomic E-state index is 0.0894. The van der Waals surface area contributed by atoms with E-state index in [1.807, 2.05) is 0 Å². The summed E-state index contributed by atoms with van der Waals surface area (Å²) in [5.74, 6) is 2.39. The van der Waals surface area contributed by atoms with Gasteiger partial charge in [0.05, 0.1) is 0 Å². The molecule has 1 aromatic carbocycles. The molecule has 4 rings (SSSR count). The standard InChI is InChI=1S/C23H35NO/c1-2-23(24)11-9-22(15-23)21-8-7-19-13-17(5-6-20(19)14-21)10-12-25-16-18-3-4-18/h7-8,14,17-18,22H,2-6,9-13,15-16,24H2,1H3/t17-,22-,23+/m0/s1. The quantitative estimate of drug-likeness (QED) is 0.710. The van der Waals surface area contributed by atoms with Crippen LogP contribution in [0.5, 0.6) is 0 Å². The molecule has 0 spiro atoms. The molecule has 0 amide bonds. The van der Waals surface area contributed by atoms with Gasteiger partial charge in [-0.15, -0.1) is 0 Å². The summed E-state index contributed by atoms with van der Waals surface area (Å²) in [7, 11) is 0. The summed E-state index contributed by atoms with van der Waals surface area (Å²) < 4.78 is 5.85. The summed E-state index contributed by atoms with van der Waals surface area (Å²) in [4.78, 5) is 0. The van der Waals surface area contributed by atoms with E-state index in [-0.39, 0.29) is 5.54 Å². The topological polar surface area (TPSA) is 35.2 Å². The molecule has 2 nitrogen and oxygen atoms in total. The van der Waals surface area contributed by atoms with Gasteiger partial charge in [0.25, 0.3) is 0 Å². The van der Waals surface area contributed by atoms with Gasteiger partial charge in [-0.05, 0) is 98.7 Å². The highest BCUT2D eigenvalue weighted by Crippen LogP contribution is 2.42. The molecule has 25 heavy (non-hydrogen) atoms. The molecule has 1 aromatic rings. The third-order valence-electron chi connectivity index (χ3n) is 7.10. The lowest BCUT2D eigenvalue weighted by atomic mass is 9.80. The Kier molecular flexibility index (Phi) is 5.20. The van der Waals surface area contributed by atoms with Crippen LogP contribution in [-0.4, -0.2) is 18.8 Å². The second kappa shape index (κ2) is 7.40. The second-order valence-corrected chi connectivity index (χ2v) is 9.10. The predicted molar refractivity (Wildman–Crippen MR) is 104 cm³/mol. The number of aryl methyl sites for hydroxylation is 1. The van der Waals surface area contributed by atoms with Crippen molar-refractivity contribution in [3.8, 4) is 0 Å². The second-order valence-electron chi connectivity index (χ2n) is 9.10. The molecule has 0 aromatic heterocycles. The van der Waals surface area contributed by atoms with Crippen molar-refractivity contribution >= 4 is 0 Å². The van der Waals surface area contributed by atoms with Gasteiger partial charge in [-0.25, -0.2) is 0 Å². The van der Waals surface area contributed by atoms with Crippen molar-refractivity contribution in [3.05, 3.63) is 34.9 Å². The third kappa shape index (κ3) is 4.28. The van der Waals surface area contributed by atoms with Crippen LogP contribution in [0.1, 0.15) is 80.9 Å². The average molecular weight is 342 g/mol. The summed E-state index contributed by atoms with van der Waals surface area (Å²) >= 11 is 0. The predicted octanol–water partition coefficient (Wildman–Crippen LogP) is 4.98. The highest BCUT2D eigenvalue weighted by molar-refractivity contribution is 5.36. The van der Waals surface area contributed by atoms with Crippen LogP contribution in [0.4, 0.5) is 0 Å². The first-order chi connectivity index (χ1) is 12.1. The molecule has 138 valence electrons. The van der Waals surface area contributed by atoms with E-state index in [1.54, 1.807) is 16.7 Å². The van der Waals surface area contributed by atoms with Crippen LogP contribution < -0.4 is 5.73 Å². The summed E-state index contributed by atoms with van der Waals surface area (Å²) in [6.07, 6.45) is 12.6. The maximum absolute atomic E-state index is 6.51. The number of hydrogen-bond acceptors (Lipinski definition) is 2. The van der Waals surface area contributed by atoms with Crippen LogP contribution in [0.3, 0.4) is 0 Å². The average Bonchev–Trinajstić information content (AvgIpc) is 3.38. The van der Waals surface area contributed by atoms with Gasteiger partial charge in [0.2, 0.25) is 0 Å². The van der Waals surface area contributed by atoms with Crippen LogP contribution in [0, 0.1) is 11.8 Å². The van der Waals surface area contributed by atoms with Crippen LogP contribution in [-0.2, 0) is 17.6 Å². The highest BCUT2D eigenvalue weighted by atomic mass is 16.5. The minimum Gasteiger partial charge on any atom is -0.381 e. The lowest BCUT2D eigenvalue weighted by Crippen LogP contribution is -2.35. The van der Waals surface area contributed by atoms with E-state index in [0.717, 1.165) is 31.5 Å². The van der Waals surface area contributed by atoms with E-state index in [2.05, 4.69) is 25.1 Å². The fourth-order valence-corrected chi connectivity index (χ4v) is 4.90. The Morgan fingerprint density at radius 2 is 2.00 bits per heavy atom. The monoisotopic (exact) mass is 341 g/mol. The molecule has 3 atom stereocenters.